The van der Waals surface area contributed by atoms with E-state index in [2.05, 4.69) is 25.2 Å². The quantitative estimate of drug-likeness (QED) is 0.502. The first kappa shape index (κ1) is 23.5. The van der Waals surface area contributed by atoms with Crippen LogP contribution in [-0.4, -0.2) is 47.4 Å². The van der Waals surface area contributed by atoms with Gasteiger partial charge in [-0.05, 0) is 38.8 Å². The van der Waals surface area contributed by atoms with Crippen LogP contribution >= 0.6 is 0 Å². The minimum absolute atomic E-state index is 0.114. The second-order valence-electron chi connectivity index (χ2n) is 8.91. The fourth-order valence-electron chi connectivity index (χ4n) is 4.99. The zero-order valence-electron chi connectivity index (χ0n) is 19.5. The Labute approximate surface area is 199 Å². The number of aromatic nitrogens is 3. The van der Waals surface area contributed by atoms with E-state index in [1.54, 1.807) is 21.0 Å². The Morgan fingerprint density at radius 1 is 1.14 bits per heavy atom. The van der Waals surface area contributed by atoms with Crippen molar-refractivity contribution in [2.24, 2.45) is 0 Å². The molecule has 0 spiro atoms. The zero-order chi connectivity index (χ0) is 24.9. The molecular formula is C24H25F4N5O2. The van der Waals surface area contributed by atoms with E-state index in [1.165, 1.54) is 12.1 Å². The number of halogens is 4. The Bertz CT molecular complexity index is 1250. The number of pyridine rings is 1. The highest BCUT2D eigenvalue weighted by Gasteiger charge is 2.39. The predicted octanol–water partition coefficient (Wildman–Crippen LogP) is 5.04. The third-order valence-corrected chi connectivity index (χ3v) is 6.61. The van der Waals surface area contributed by atoms with Crippen LogP contribution in [0.1, 0.15) is 42.8 Å². The van der Waals surface area contributed by atoms with Gasteiger partial charge in [0.2, 0.25) is 5.88 Å². The lowest BCUT2D eigenvalue weighted by molar-refractivity contribution is -0.140. The molecule has 0 saturated carbocycles. The van der Waals surface area contributed by atoms with Gasteiger partial charge < -0.3 is 19.7 Å². The maximum atomic E-state index is 14.8. The van der Waals surface area contributed by atoms with Crippen LogP contribution in [0.2, 0.25) is 0 Å². The van der Waals surface area contributed by atoms with E-state index in [9.17, 15) is 17.6 Å². The number of aryl methyl sites for hydroxylation is 1. The molecule has 2 fully saturated rings. The van der Waals surface area contributed by atoms with Crippen molar-refractivity contribution < 1.29 is 27.0 Å². The van der Waals surface area contributed by atoms with Crippen LogP contribution in [0, 0.1) is 12.7 Å². The van der Waals surface area contributed by atoms with Gasteiger partial charge in [0.1, 0.15) is 23.1 Å². The molecule has 11 heteroatoms. The van der Waals surface area contributed by atoms with Crippen LogP contribution < -0.4 is 15.0 Å². The maximum Gasteiger partial charge on any atom is 0.419 e. The van der Waals surface area contributed by atoms with Gasteiger partial charge in [-0.3, -0.25) is 0 Å². The molecule has 4 heterocycles. The highest BCUT2D eigenvalue weighted by atomic mass is 19.4. The van der Waals surface area contributed by atoms with Crippen molar-refractivity contribution in [3.8, 4) is 5.88 Å². The predicted molar refractivity (Wildman–Crippen MR) is 122 cm³/mol. The van der Waals surface area contributed by atoms with Crippen LogP contribution in [0.25, 0.3) is 11.0 Å². The van der Waals surface area contributed by atoms with E-state index in [4.69, 9.17) is 9.47 Å². The van der Waals surface area contributed by atoms with E-state index in [1.807, 2.05) is 6.07 Å². The molecule has 1 aromatic carbocycles. The number of anilines is 2. The number of ether oxygens (including phenoxy) is 2. The van der Waals surface area contributed by atoms with Crippen LogP contribution in [0.15, 0.2) is 24.3 Å². The van der Waals surface area contributed by atoms with Gasteiger partial charge in [0.15, 0.2) is 5.65 Å². The van der Waals surface area contributed by atoms with E-state index in [0.717, 1.165) is 24.6 Å². The van der Waals surface area contributed by atoms with Crippen LogP contribution in [0.5, 0.6) is 5.88 Å². The van der Waals surface area contributed by atoms with E-state index < -0.39 is 23.6 Å². The summed E-state index contributed by atoms with van der Waals surface area (Å²) in [6.45, 7) is 4.49. The molecule has 2 saturated heterocycles. The number of fused-ring (bicyclic) bond motifs is 3. The summed E-state index contributed by atoms with van der Waals surface area (Å²) in [5, 5.41) is 3.65. The van der Waals surface area contributed by atoms with Gasteiger partial charge in [-0.15, -0.1) is 0 Å². The number of morpholine rings is 1. The van der Waals surface area contributed by atoms with Crippen molar-refractivity contribution in [3.05, 3.63) is 47.0 Å². The topological polar surface area (TPSA) is 72.4 Å². The molecule has 3 aromatic rings. The molecule has 186 valence electrons. The average Bonchev–Trinajstić information content (AvgIpc) is 3.04. The number of nitrogens with zero attached hydrogens (tertiary/aromatic N) is 4. The first-order chi connectivity index (χ1) is 16.7. The molecule has 35 heavy (non-hydrogen) atoms. The van der Waals surface area contributed by atoms with Crippen LogP contribution in [0.3, 0.4) is 0 Å². The SMILES string of the molecule is COc1nc2nc(C)nc(N[C@H](C)c3cccc(C(F)(F)F)c3F)c2cc1N1C2CCC1COC2. The van der Waals surface area contributed by atoms with Gasteiger partial charge in [-0.25, -0.2) is 14.4 Å². The number of hydrogen-bond acceptors (Lipinski definition) is 7. The lowest BCUT2D eigenvalue weighted by Crippen LogP contribution is -2.46. The second kappa shape index (κ2) is 8.78. The number of hydrogen-bond donors (Lipinski definition) is 1. The van der Waals surface area contributed by atoms with Gasteiger partial charge in [-0.2, -0.15) is 18.2 Å². The zero-order valence-corrected chi connectivity index (χ0v) is 19.5. The first-order valence-electron chi connectivity index (χ1n) is 11.4. The molecular weight excluding hydrogens is 466 g/mol. The molecule has 2 bridgehead atoms. The van der Waals surface area contributed by atoms with E-state index in [-0.39, 0.29) is 17.6 Å². The summed E-state index contributed by atoms with van der Waals surface area (Å²) in [6, 6.07) is 4.73. The smallest absolute Gasteiger partial charge is 0.419 e. The molecule has 2 unspecified atom stereocenters. The normalized spacial score (nSPS) is 20.8. The molecule has 0 amide bonds. The van der Waals surface area contributed by atoms with Crippen LogP contribution in [-0.2, 0) is 10.9 Å². The fraction of sp³-hybridized carbons (Fsp3) is 0.458. The maximum absolute atomic E-state index is 14.8. The highest BCUT2D eigenvalue weighted by Crippen LogP contribution is 2.41. The lowest BCUT2D eigenvalue weighted by Gasteiger charge is -2.37. The Balaban J connectivity index is 1.57. The third-order valence-electron chi connectivity index (χ3n) is 6.61. The first-order valence-corrected chi connectivity index (χ1v) is 11.4. The molecule has 2 aliphatic heterocycles. The van der Waals surface area contributed by atoms with Gasteiger partial charge in [0.05, 0.1) is 49.4 Å². The number of rotatable bonds is 5. The Morgan fingerprint density at radius 3 is 2.51 bits per heavy atom. The van der Waals surface area contributed by atoms with Crippen molar-refractivity contribution in [2.75, 3.05) is 30.5 Å². The lowest BCUT2D eigenvalue weighted by atomic mass is 10.0. The minimum atomic E-state index is -4.79. The molecule has 2 aromatic heterocycles. The summed E-state index contributed by atoms with van der Waals surface area (Å²) in [6.07, 6.45) is -2.80. The molecule has 0 aliphatic carbocycles. The van der Waals surface area contributed by atoms with Gasteiger partial charge in [0.25, 0.3) is 0 Å². The van der Waals surface area contributed by atoms with Gasteiger partial charge >= 0.3 is 6.18 Å². The Kier molecular flexibility index (Phi) is 5.90. The van der Waals surface area contributed by atoms with Crippen molar-refractivity contribution >= 4 is 22.5 Å². The van der Waals surface area contributed by atoms with Crippen molar-refractivity contribution in [1.82, 2.24) is 15.0 Å². The summed E-state index contributed by atoms with van der Waals surface area (Å²) in [5.41, 5.74) is -0.261. The Morgan fingerprint density at radius 2 is 1.86 bits per heavy atom. The van der Waals surface area contributed by atoms with Gasteiger partial charge in [0, 0.05) is 5.56 Å². The minimum Gasteiger partial charge on any atom is -0.479 e. The van der Waals surface area contributed by atoms with Crippen molar-refractivity contribution in [2.45, 2.75) is 51.0 Å². The Hall–Kier alpha value is -3.21. The van der Waals surface area contributed by atoms with Gasteiger partial charge in [-0.1, -0.05) is 12.1 Å². The van der Waals surface area contributed by atoms with Crippen LogP contribution in [0.4, 0.5) is 29.1 Å². The van der Waals surface area contributed by atoms with E-state index in [0.29, 0.717) is 41.8 Å². The van der Waals surface area contributed by atoms with E-state index >= 15 is 0 Å². The fourth-order valence-corrected chi connectivity index (χ4v) is 4.99. The molecule has 1 N–H and O–H groups in total. The summed E-state index contributed by atoms with van der Waals surface area (Å²) in [4.78, 5) is 15.8. The summed E-state index contributed by atoms with van der Waals surface area (Å²) in [7, 11) is 1.55. The van der Waals surface area contributed by atoms with Crippen molar-refractivity contribution in [3.63, 3.8) is 0 Å². The molecule has 2 aliphatic rings. The third kappa shape index (κ3) is 4.22. The summed E-state index contributed by atoms with van der Waals surface area (Å²) >= 11 is 0. The number of nitrogens with one attached hydrogen (secondary N) is 1. The molecule has 5 rings (SSSR count). The average molecular weight is 491 g/mol. The number of alkyl halides is 3. The molecule has 3 atom stereocenters. The summed E-state index contributed by atoms with van der Waals surface area (Å²) in [5.74, 6) is -0.114. The second-order valence-corrected chi connectivity index (χ2v) is 8.91. The monoisotopic (exact) mass is 491 g/mol. The number of benzene rings is 1. The molecule has 7 nitrogen and oxygen atoms in total. The number of methoxy groups -OCH3 is 1. The largest absolute Gasteiger partial charge is 0.479 e. The summed E-state index contributed by atoms with van der Waals surface area (Å²) < 4.78 is 65.7. The highest BCUT2D eigenvalue weighted by molar-refractivity contribution is 5.91. The standard InChI is InChI=1S/C24H25F4N5O2/c1-12(16-5-4-6-18(20(16)25)24(26,27)28)29-21-17-9-19(33-14-7-8-15(33)11-35-10-14)23(34-3)32-22(17)31-13(2)30-21/h4-6,9,12,14-15H,7-8,10-11H2,1-3H3,(H,29,30,31,32)/t12-,14?,15?/m1/s1. The molecule has 0 radical (unpaired) electrons. The van der Waals surface area contributed by atoms with Crippen molar-refractivity contribution in [1.29, 1.82) is 0 Å².